The summed E-state index contributed by atoms with van der Waals surface area (Å²) < 4.78 is 0. The van der Waals surface area contributed by atoms with Gasteiger partial charge in [-0.15, -0.1) is 0 Å². The third-order valence-electron chi connectivity index (χ3n) is 5.42. The Labute approximate surface area is 170 Å². The first-order chi connectivity index (χ1) is 13.9. The maximum Gasteiger partial charge on any atom is 0.335 e. The first-order valence-corrected chi connectivity index (χ1v) is 9.86. The van der Waals surface area contributed by atoms with Crippen molar-refractivity contribution in [1.29, 1.82) is 0 Å². The van der Waals surface area contributed by atoms with Gasteiger partial charge in [-0.05, 0) is 42.2 Å². The summed E-state index contributed by atoms with van der Waals surface area (Å²) in [4.78, 5) is 39.6. The molecule has 2 amide bonds. The van der Waals surface area contributed by atoms with Gasteiger partial charge in [0.25, 0.3) is 0 Å². The third kappa shape index (κ3) is 5.44. The molecule has 29 heavy (non-hydrogen) atoms. The van der Waals surface area contributed by atoms with Crippen molar-refractivity contribution in [3.8, 4) is 0 Å². The highest BCUT2D eigenvalue weighted by molar-refractivity contribution is 5.87. The Morgan fingerprint density at radius 1 is 0.862 bits per heavy atom. The fourth-order valence-corrected chi connectivity index (χ4v) is 3.51. The largest absolute Gasteiger partial charge is 0.478 e. The first kappa shape index (κ1) is 20.6. The number of aromatic carboxylic acids is 1. The van der Waals surface area contributed by atoms with Crippen LogP contribution in [0.25, 0.3) is 0 Å². The number of carboxylic acid groups (broad SMARTS) is 1. The van der Waals surface area contributed by atoms with Gasteiger partial charge in [-0.1, -0.05) is 36.4 Å². The molecule has 0 bridgehead atoms. The molecule has 1 heterocycles. The van der Waals surface area contributed by atoms with Crippen LogP contribution >= 0.6 is 0 Å². The molecule has 0 spiro atoms. The fraction of sp³-hybridized carbons (Fsp3) is 0.348. The van der Waals surface area contributed by atoms with E-state index in [1.807, 2.05) is 41.0 Å². The van der Waals surface area contributed by atoms with Crippen LogP contribution in [0.15, 0.2) is 48.5 Å². The molecule has 3 rings (SSSR count). The second-order valence-electron chi connectivity index (χ2n) is 7.37. The van der Waals surface area contributed by atoms with Gasteiger partial charge in [0.1, 0.15) is 0 Å². The lowest BCUT2D eigenvalue weighted by Gasteiger charge is -2.35. The molecule has 152 valence electrons. The molecule has 0 aromatic heterocycles. The molecule has 6 nitrogen and oxygen atoms in total. The Bertz CT molecular complexity index is 884. The van der Waals surface area contributed by atoms with Crippen LogP contribution in [0.4, 0.5) is 0 Å². The zero-order valence-electron chi connectivity index (χ0n) is 16.6. The van der Waals surface area contributed by atoms with Gasteiger partial charge in [0.2, 0.25) is 11.8 Å². The highest BCUT2D eigenvalue weighted by Gasteiger charge is 2.24. The first-order valence-electron chi connectivity index (χ1n) is 9.86. The molecular weight excluding hydrogens is 368 g/mol. The monoisotopic (exact) mass is 394 g/mol. The summed E-state index contributed by atoms with van der Waals surface area (Å²) in [7, 11) is 0. The summed E-state index contributed by atoms with van der Waals surface area (Å²) in [6.07, 6.45) is 1.35. The molecule has 2 aromatic carbocycles. The van der Waals surface area contributed by atoms with Gasteiger partial charge >= 0.3 is 5.97 Å². The Balaban J connectivity index is 1.45. The van der Waals surface area contributed by atoms with E-state index in [2.05, 4.69) is 0 Å². The standard InChI is InChI=1S/C23H26N2O4/c1-17-4-2-3-5-20(17)16-22(27)25-14-12-24(13-15-25)21(26)11-8-18-6-9-19(10-7-18)23(28)29/h2-7,9-10H,8,11-16H2,1H3,(H,28,29). The summed E-state index contributed by atoms with van der Waals surface area (Å²) in [5, 5.41) is 8.93. The highest BCUT2D eigenvalue weighted by atomic mass is 16.4. The SMILES string of the molecule is Cc1ccccc1CC(=O)N1CCN(C(=O)CCc2ccc(C(=O)O)cc2)CC1. The number of carboxylic acids is 1. The van der Waals surface area contributed by atoms with Crippen LogP contribution in [-0.2, 0) is 22.4 Å². The molecule has 1 aliphatic heterocycles. The van der Waals surface area contributed by atoms with Crippen LogP contribution in [0.2, 0.25) is 0 Å². The fourth-order valence-electron chi connectivity index (χ4n) is 3.51. The van der Waals surface area contributed by atoms with Crippen molar-refractivity contribution in [2.75, 3.05) is 26.2 Å². The molecule has 1 N–H and O–H groups in total. The predicted octanol–water partition coefficient (Wildman–Crippen LogP) is 2.54. The number of amides is 2. The van der Waals surface area contributed by atoms with Crippen molar-refractivity contribution < 1.29 is 19.5 Å². The van der Waals surface area contributed by atoms with Crippen molar-refractivity contribution in [3.63, 3.8) is 0 Å². The van der Waals surface area contributed by atoms with Gasteiger partial charge in [0, 0.05) is 32.6 Å². The van der Waals surface area contributed by atoms with Crippen molar-refractivity contribution >= 4 is 17.8 Å². The van der Waals surface area contributed by atoms with Gasteiger partial charge in [0.05, 0.1) is 12.0 Å². The van der Waals surface area contributed by atoms with Gasteiger partial charge in [-0.25, -0.2) is 4.79 Å². The number of carbonyl (C=O) groups excluding carboxylic acids is 2. The number of benzene rings is 2. The molecular formula is C23H26N2O4. The molecule has 0 aliphatic carbocycles. The average Bonchev–Trinajstić information content (AvgIpc) is 2.74. The maximum atomic E-state index is 12.6. The summed E-state index contributed by atoms with van der Waals surface area (Å²) >= 11 is 0. The van der Waals surface area contributed by atoms with E-state index in [1.54, 1.807) is 24.3 Å². The van der Waals surface area contributed by atoms with Crippen molar-refractivity contribution in [3.05, 3.63) is 70.8 Å². The molecule has 1 saturated heterocycles. The zero-order valence-corrected chi connectivity index (χ0v) is 16.6. The van der Waals surface area contributed by atoms with Gasteiger partial charge in [0.15, 0.2) is 0 Å². The molecule has 1 aliphatic rings. The van der Waals surface area contributed by atoms with Crippen LogP contribution < -0.4 is 0 Å². The second kappa shape index (κ2) is 9.37. The zero-order chi connectivity index (χ0) is 20.8. The van der Waals surface area contributed by atoms with Crippen LogP contribution in [0.3, 0.4) is 0 Å². The summed E-state index contributed by atoms with van der Waals surface area (Å²) in [6, 6.07) is 14.5. The number of hydrogen-bond acceptors (Lipinski definition) is 3. The van der Waals surface area contributed by atoms with Crippen LogP contribution in [0, 0.1) is 6.92 Å². The normalized spacial score (nSPS) is 14.0. The Morgan fingerprint density at radius 3 is 2.03 bits per heavy atom. The molecule has 0 saturated carbocycles. The Hall–Kier alpha value is -3.15. The van der Waals surface area contributed by atoms with Crippen LogP contribution in [-0.4, -0.2) is 58.9 Å². The smallest absolute Gasteiger partial charge is 0.335 e. The van der Waals surface area contributed by atoms with Gasteiger partial charge in [-0.3, -0.25) is 9.59 Å². The number of aryl methyl sites for hydroxylation is 2. The van der Waals surface area contributed by atoms with Gasteiger partial charge < -0.3 is 14.9 Å². The third-order valence-corrected chi connectivity index (χ3v) is 5.42. The van der Waals surface area contributed by atoms with E-state index in [9.17, 15) is 14.4 Å². The molecule has 6 heteroatoms. The minimum absolute atomic E-state index is 0.0679. The minimum Gasteiger partial charge on any atom is -0.478 e. The Kier molecular flexibility index (Phi) is 6.65. The average molecular weight is 394 g/mol. The number of nitrogens with zero attached hydrogens (tertiary/aromatic N) is 2. The summed E-state index contributed by atoms with van der Waals surface area (Å²) in [6.45, 7) is 4.23. The van der Waals surface area contributed by atoms with E-state index in [-0.39, 0.29) is 17.4 Å². The van der Waals surface area contributed by atoms with Crippen molar-refractivity contribution in [1.82, 2.24) is 9.80 Å². The van der Waals surface area contributed by atoms with Crippen molar-refractivity contribution in [2.24, 2.45) is 0 Å². The topological polar surface area (TPSA) is 77.9 Å². The number of hydrogen-bond donors (Lipinski definition) is 1. The van der Waals surface area contributed by atoms with Gasteiger partial charge in [-0.2, -0.15) is 0 Å². The second-order valence-corrected chi connectivity index (χ2v) is 7.37. The lowest BCUT2D eigenvalue weighted by atomic mass is 10.0. The van der Waals surface area contributed by atoms with Crippen LogP contribution in [0.1, 0.15) is 33.5 Å². The number of piperazine rings is 1. The lowest BCUT2D eigenvalue weighted by Crippen LogP contribution is -2.51. The minimum atomic E-state index is -0.956. The predicted molar refractivity (Wildman–Crippen MR) is 110 cm³/mol. The van der Waals surface area contributed by atoms with E-state index in [0.717, 1.165) is 16.7 Å². The molecule has 0 unspecified atom stereocenters. The summed E-state index contributed by atoms with van der Waals surface area (Å²) in [5.41, 5.74) is 3.35. The number of carbonyl (C=O) groups is 3. The van der Waals surface area contributed by atoms with E-state index in [4.69, 9.17) is 5.11 Å². The molecule has 1 fully saturated rings. The van der Waals surface area contributed by atoms with E-state index in [0.29, 0.717) is 45.4 Å². The highest BCUT2D eigenvalue weighted by Crippen LogP contribution is 2.13. The molecule has 0 atom stereocenters. The Morgan fingerprint density at radius 2 is 1.45 bits per heavy atom. The molecule has 2 aromatic rings. The quantitative estimate of drug-likeness (QED) is 0.817. The van der Waals surface area contributed by atoms with E-state index in [1.165, 1.54) is 0 Å². The van der Waals surface area contributed by atoms with E-state index >= 15 is 0 Å². The number of rotatable bonds is 6. The molecule has 0 radical (unpaired) electrons. The van der Waals surface area contributed by atoms with E-state index < -0.39 is 5.97 Å². The lowest BCUT2D eigenvalue weighted by molar-refractivity contribution is -0.139. The van der Waals surface area contributed by atoms with Crippen molar-refractivity contribution in [2.45, 2.75) is 26.2 Å². The maximum absolute atomic E-state index is 12.6. The van der Waals surface area contributed by atoms with Crippen LogP contribution in [0.5, 0.6) is 0 Å². The summed E-state index contributed by atoms with van der Waals surface area (Å²) in [5.74, 6) is -0.786.